The van der Waals surface area contributed by atoms with E-state index in [0.717, 1.165) is 5.69 Å². The second kappa shape index (κ2) is 7.58. The molecule has 0 bridgehead atoms. The average Bonchev–Trinajstić information content (AvgIpc) is 2.55. The van der Waals surface area contributed by atoms with Gasteiger partial charge in [-0.2, -0.15) is 8.78 Å². The maximum absolute atomic E-state index is 12.5. The Balaban J connectivity index is 2.09. The van der Waals surface area contributed by atoms with Crippen LogP contribution in [0.25, 0.3) is 0 Å². The minimum atomic E-state index is -2.87. The summed E-state index contributed by atoms with van der Waals surface area (Å²) in [5.74, 6) is -0.232. The van der Waals surface area contributed by atoms with E-state index in [-0.39, 0.29) is 5.75 Å². The molecule has 0 fully saturated rings. The number of anilines is 1. The lowest BCUT2D eigenvalue weighted by atomic mass is 10.1. The van der Waals surface area contributed by atoms with Crippen molar-refractivity contribution in [3.05, 3.63) is 59.2 Å². The van der Waals surface area contributed by atoms with Gasteiger partial charge < -0.3 is 14.8 Å². The van der Waals surface area contributed by atoms with E-state index in [1.807, 2.05) is 0 Å². The Hall–Kier alpha value is -2.63. The lowest BCUT2D eigenvalue weighted by Gasteiger charge is -2.14. The normalized spacial score (nSPS) is 10.5. The highest BCUT2D eigenvalue weighted by molar-refractivity contribution is 5.89. The molecule has 0 aromatic heterocycles. The maximum Gasteiger partial charge on any atom is 0.387 e. The second-order valence-corrected chi connectivity index (χ2v) is 4.86. The average molecular weight is 321 g/mol. The van der Waals surface area contributed by atoms with E-state index in [1.54, 1.807) is 49.4 Å². The number of rotatable bonds is 6. The molecule has 0 amide bonds. The van der Waals surface area contributed by atoms with E-state index >= 15 is 0 Å². The van der Waals surface area contributed by atoms with E-state index in [2.05, 4.69) is 14.8 Å². The van der Waals surface area contributed by atoms with Gasteiger partial charge in [0.05, 0.1) is 12.7 Å². The molecule has 122 valence electrons. The van der Waals surface area contributed by atoms with Crippen LogP contribution in [0.4, 0.5) is 14.5 Å². The summed E-state index contributed by atoms with van der Waals surface area (Å²) in [7, 11) is 1.32. The molecule has 0 saturated carbocycles. The SMILES string of the molecule is COC(=O)c1ccc(NCc2cccc(C)c2OC(F)F)cc1. The summed E-state index contributed by atoms with van der Waals surface area (Å²) in [6.07, 6.45) is 0. The molecule has 1 N–H and O–H groups in total. The highest BCUT2D eigenvalue weighted by Crippen LogP contribution is 2.26. The molecule has 2 aromatic carbocycles. The van der Waals surface area contributed by atoms with Gasteiger partial charge in [0.1, 0.15) is 5.75 Å². The highest BCUT2D eigenvalue weighted by Gasteiger charge is 2.12. The largest absolute Gasteiger partial charge is 0.465 e. The fourth-order valence-electron chi connectivity index (χ4n) is 2.15. The molecule has 0 spiro atoms. The zero-order valence-corrected chi connectivity index (χ0v) is 12.8. The van der Waals surface area contributed by atoms with Crippen molar-refractivity contribution in [2.45, 2.75) is 20.1 Å². The first-order valence-corrected chi connectivity index (χ1v) is 6.97. The van der Waals surface area contributed by atoms with E-state index in [9.17, 15) is 13.6 Å². The van der Waals surface area contributed by atoms with Crippen LogP contribution in [0.1, 0.15) is 21.5 Å². The first kappa shape index (κ1) is 16.7. The molecule has 0 unspecified atom stereocenters. The molecule has 0 aliphatic carbocycles. The number of benzene rings is 2. The number of carbonyl (C=O) groups is 1. The molecule has 0 saturated heterocycles. The van der Waals surface area contributed by atoms with Crippen molar-refractivity contribution >= 4 is 11.7 Å². The van der Waals surface area contributed by atoms with Crippen molar-refractivity contribution in [2.24, 2.45) is 0 Å². The van der Waals surface area contributed by atoms with Crippen molar-refractivity contribution in [2.75, 3.05) is 12.4 Å². The third-order valence-electron chi connectivity index (χ3n) is 3.29. The molecular weight excluding hydrogens is 304 g/mol. The number of halogens is 2. The topological polar surface area (TPSA) is 47.6 Å². The van der Waals surface area contributed by atoms with Gasteiger partial charge in [0.15, 0.2) is 0 Å². The Labute approximate surface area is 133 Å². The number of methoxy groups -OCH3 is 1. The van der Waals surface area contributed by atoms with E-state index in [4.69, 9.17) is 0 Å². The van der Waals surface area contributed by atoms with E-state index < -0.39 is 12.6 Å². The molecule has 0 atom stereocenters. The van der Waals surface area contributed by atoms with Crippen LogP contribution >= 0.6 is 0 Å². The third-order valence-corrected chi connectivity index (χ3v) is 3.29. The molecule has 2 rings (SSSR count). The summed E-state index contributed by atoms with van der Waals surface area (Å²) in [4.78, 5) is 11.4. The van der Waals surface area contributed by atoms with Crippen LogP contribution in [0.2, 0.25) is 0 Å². The minimum absolute atomic E-state index is 0.182. The Morgan fingerprint density at radius 3 is 2.48 bits per heavy atom. The minimum Gasteiger partial charge on any atom is -0.465 e. The Morgan fingerprint density at radius 2 is 1.87 bits per heavy atom. The van der Waals surface area contributed by atoms with E-state index in [0.29, 0.717) is 23.2 Å². The zero-order valence-electron chi connectivity index (χ0n) is 12.8. The summed E-state index contributed by atoms with van der Waals surface area (Å²) in [6.45, 7) is -0.831. The van der Waals surface area contributed by atoms with Gasteiger partial charge in [0, 0.05) is 17.8 Å². The summed E-state index contributed by atoms with van der Waals surface area (Å²) in [5.41, 5.74) is 2.46. The molecular formula is C17H17F2NO3. The lowest BCUT2D eigenvalue weighted by Crippen LogP contribution is -2.08. The van der Waals surface area contributed by atoms with Gasteiger partial charge in [-0.05, 0) is 36.8 Å². The van der Waals surface area contributed by atoms with Crippen molar-refractivity contribution < 1.29 is 23.0 Å². The van der Waals surface area contributed by atoms with Crippen LogP contribution in [0, 0.1) is 6.92 Å². The smallest absolute Gasteiger partial charge is 0.387 e. The molecule has 0 radical (unpaired) electrons. The molecule has 2 aromatic rings. The van der Waals surface area contributed by atoms with Crippen molar-refractivity contribution in [3.8, 4) is 5.75 Å². The molecule has 4 nitrogen and oxygen atoms in total. The van der Waals surface area contributed by atoms with Crippen LogP contribution in [-0.4, -0.2) is 19.7 Å². The van der Waals surface area contributed by atoms with Gasteiger partial charge in [-0.1, -0.05) is 18.2 Å². The van der Waals surface area contributed by atoms with Gasteiger partial charge in [-0.15, -0.1) is 0 Å². The number of hydrogen-bond donors (Lipinski definition) is 1. The number of aryl methyl sites for hydroxylation is 1. The van der Waals surface area contributed by atoms with Crippen molar-refractivity contribution in [3.63, 3.8) is 0 Å². The number of carbonyl (C=O) groups excluding carboxylic acids is 1. The van der Waals surface area contributed by atoms with Crippen molar-refractivity contribution in [1.82, 2.24) is 0 Å². The predicted octanol–water partition coefficient (Wildman–Crippen LogP) is 4.00. The Kier molecular flexibility index (Phi) is 5.51. The second-order valence-electron chi connectivity index (χ2n) is 4.86. The van der Waals surface area contributed by atoms with Gasteiger partial charge in [-0.25, -0.2) is 4.79 Å². The quantitative estimate of drug-likeness (QED) is 0.817. The van der Waals surface area contributed by atoms with Gasteiger partial charge in [-0.3, -0.25) is 0 Å². The first-order chi connectivity index (χ1) is 11.0. The van der Waals surface area contributed by atoms with Gasteiger partial charge in [0.25, 0.3) is 0 Å². The monoisotopic (exact) mass is 321 g/mol. The van der Waals surface area contributed by atoms with Crippen LogP contribution in [-0.2, 0) is 11.3 Å². The highest BCUT2D eigenvalue weighted by atomic mass is 19.3. The van der Waals surface area contributed by atoms with Gasteiger partial charge >= 0.3 is 12.6 Å². The summed E-state index contributed by atoms with van der Waals surface area (Å²) >= 11 is 0. The van der Waals surface area contributed by atoms with Crippen LogP contribution in [0.5, 0.6) is 5.75 Å². The standard InChI is InChI=1S/C17H17F2NO3/c1-11-4-3-5-13(15(11)23-17(18)19)10-20-14-8-6-12(7-9-14)16(21)22-2/h3-9,17,20H,10H2,1-2H3. The summed E-state index contributed by atoms with van der Waals surface area (Å²) < 4.78 is 34.2. The molecule has 0 aliphatic heterocycles. The Morgan fingerprint density at radius 1 is 1.17 bits per heavy atom. The number of hydrogen-bond acceptors (Lipinski definition) is 4. The lowest BCUT2D eigenvalue weighted by molar-refractivity contribution is -0.0508. The zero-order chi connectivity index (χ0) is 16.8. The summed E-state index contributed by atoms with van der Waals surface area (Å²) in [5, 5.41) is 3.11. The van der Waals surface area contributed by atoms with Crippen LogP contribution in [0.3, 0.4) is 0 Å². The fourth-order valence-corrected chi connectivity index (χ4v) is 2.15. The van der Waals surface area contributed by atoms with Gasteiger partial charge in [0.2, 0.25) is 0 Å². The number of para-hydroxylation sites is 1. The molecule has 0 heterocycles. The number of esters is 1. The predicted molar refractivity (Wildman–Crippen MR) is 82.9 cm³/mol. The molecule has 6 heteroatoms. The van der Waals surface area contributed by atoms with Crippen LogP contribution in [0.15, 0.2) is 42.5 Å². The third kappa shape index (κ3) is 4.42. The van der Waals surface area contributed by atoms with Crippen molar-refractivity contribution in [1.29, 1.82) is 0 Å². The maximum atomic E-state index is 12.5. The first-order valence-electron chi connectivity index (χ1n) is 6.97. The number of ether oxygens (including phenoxy) is 2. The summed E-state index contributed by atoms with van der Waals surface area (Å²) in [6, 6.07) is 11.9. The fraction of sp³-hybridized carbons (Fsp3) is 0.235. The van der Waals surface area contributed by atoms with Crippen LogP contribution < -0.4 is 10.1 Å². The number of alkyl halides is 2. The Bertz CT molecular complexity index is 672. The number of nitrogens with one attached hydrogen (secondary N) is 1. The van der Waals surface area contributed by atoms with E-state index in [1.165, 1.54) is 7.11 Å². The molecule has 0 aliphatic rings. The molecule has 23 heavy (non-hydrogen) atoms.